The van der Waals surface area contributed by atoms with Gasteiger partial charge in [0.25, 0.3) is 0 Å². The molecule has 0 heteroatoms. The first kappa shape index (κ1) is 19.0. The molecule has 0 heterocycles. The molecule has 0 aromatic heterocycles. The fourth-order valence-corrected chi connectivity index (χ4v) is 1.77. The summed E-state index contributed by atoms with van der Waals surface area (Å²) in [6, 6.07) is 6.29. The van der Waals surface area contributed by atoms with E-state index in [0.717, 1.165) is 12.8 Å². The van der Waals surface area contributed by atoms with E-state index in [1.807, 2.05) is 33.8 Å². The Morgan fingerprint density at radius 1 is 1.17 bits per heavy atom. The Morgan fingerprint density at radius 3 is 2.17 bits per heavy atom. The van der Waals surface area contributed by atoms with E-state index >= 15 is 0 Å². The molecule has 0 N–H and O–H groups in total. The topological polar surface area (TPSA) is 0 Å². The van der Waals surface area contributed by atoms with E-state index in [4.69, 9.17) is 0 Å². The molecule has 0 aliphatic carbocycles. The van der Waals surface area contributed by atoms with Crippen molar-refractivity contribution in [2.45, 2.75) is 54.4 Å². The van der Waals surface area contributed by atoms with Gasteiger partial charge in [-0.1, -0.05) is 78.5 Å². The quantitative estimate of drug-likeness (QED) is 0.568. The molecule has 1 rings (SSSR count). The van der Waals surface area contributed by atoms with Crippen molar-refractivity contribution in [3.05, 3.63) is 48.0 Å². The Morgan fingerprint density at radius 2 is 1.72 bits per heavy atom. The van der Waals surface area contributed by atoms with Gasteiger partial charge in [-0.25, -0.2) is 0 Å². The molecule has 0 atom stereocenters. The van der Waals surface area contributed by atoms with E-state index in [1.54, 1.807) is 0 Å². The van der Waals surface area contributed by atoms with Gasteiger partial charge in [0.15, 0.2) is 0 Å². The zero-order chi connectivity index (χ0) is 14.6. The van der Waals surface area contributed by atoms with Crippen LogP contribution in [0.1, 0.15) is 64.2 Å². The van der Waals surface area contributed by atoms with Crippen LogP contribution in [0.15, 0.2) is 31.4 Å². The van der Waals surface area contributed by atoms with Crippen LogP contribution in [-0.4, -0.2) is 0 Å². The van der Waals surface area contributed by atoms with Crippen LogP contribution in [-0.2, 0) is 0 Å². The van der Waals surface area contributed by atoms with Crippen molar-refractivity contribution in [2.24, 2.45) is 0 Å². The highest BCUT2D eigenvalue weighted by Gasteiger charge is 2.05. The first-order chi connectivity index (χ1) is 8.70. The second-order valence-corrected chi connectivity index (χ2v) is 3.60. The number of allylic oxidation sites excluding steroid dienone is 1. The molecule has 1 aromatic carbocycles. The predicted molar refractivity (Wildman–Crippen MR) is 87.9 cm³/mol. The number of benzene rings is 1. The van der Waals surface area contributed by atoms with Crippen molar-refractivity contribution in [3.63, 3.8) is 0 Å². The molecule has 0 nitrogen and oxygen atoms in total. The monoisotopic (exact) mass is 246 g/mol. The highest BCUT2D eigenvalue weighted by atomic mass is 14.1. The Hall–Kier alpha value is -1.30. The molecule has 0 radical (unpaired) electrons. The van der Waals surface area contributed by atoms with E-state index in [1.165, 1.54) is 22.3 Å². The van der Waals surface area contributed by atoms with Crippen molar-refractivity contribution < 1.29 is 0 Å². The second-order valence-electron chi connectivity index (χ2n) is 3.60. The van der Waals surface area contributed by atoms with Crippen LogP contribution in [0.3, 0.4) is 0 Å². The van der Waals surface area contributed by atoms with Crippen LogP contribution >= 0.6 is 0 Å². The van der Waals surface area contributed by atoms with Crippen molar-refractivity contribution in [2.75, 3.05) is 0 Å². The summed E-state index contributed by atoms with van der Waals surface area (Å²) in [5.74, 6) is 0. The molecule has 0 bridgehead atoms. The Labute approximate surface area is 114 Å². The van der Waals surface area contributed by atoms with Gasteiger partial charge in [0.2, 0.25) is 0 Å². The minimum Gasteiger partial charge on any atom is -0.0984 e. The molecule has 0 amide bonds. The maximum Gasteiger partial charge on any atom is -0.0129 e. The molecule has 0 saturated carbocycles. The van der Waals surface area contributed by atoms with E-state index in [2.05, 4.69) is 45.2 Å². The van der Waals surface area contributed by atoms with E-state index < -0.39 is 0 Å². The van der Waals surface area contributed by atoms with Gasteiger partial charge in [-0.15, -0.1) is 0 Å². The van der Waals surface area contributed by atoms with E-state index in [-0.39, 0.29) is 0 Å². The minimum atomic E-state index is 1.06. The van der Waals surface area contributed by atoms with Crippen LogP contribution in [0, 0.1) is 6.92 Å². The van der Waals surface area contributed by atoms with Gasteiger partial charge < -0.3 is 0 Å². The number of hydrogen-bond donors (Lipinski definition) is 0. The maximum atomic E-state index is 4.14. The normalized spacial score (nSPS) is 8.33. The van der Waals surface area contributed by atoms with Crippen LogP contribution in [0.25, 0.3) is 11.6 Å². The van der Waals surface area contributed by atoms with Gasteiger partial charge in [0.05, 0.1) is 0 Å². The first-order valence-corrected chi connectivity index (χ1v) is 7.11. The number of aryl methyl sites for hydroxylation is 1. The molecular weight excluding hydrogens is 216 g/mol. The Balaban J connectivity index is 0. The lowest BCUT2D eigenvalue weighted by atomic mass is 9.93. The Bertz CT molecular complexity index is 345. The van der Waals surface area contributed by atoms with Crippen LogP contribution < -0.4 is 0 Å². The van der Waals surface area contributed by atoms with Gasteiger partial charge in [-0.3, -0.25) is 0 Å². The molecule has 0 fully saturated rings. The van der Waals surface area contributed by atoms with Crippen molar-refractivity contribution in [3.8, 4) is 0 Å². The third-order valence-corrected chi connectivity index (χ3v) is 2.43. The van der Waals surface area contributed by atoms with Gasteiger partial charge >= 0.3 is 0 Å². The predicted octanol–water partition coefficient (Wildman–Crippen LogP) is 6.50. The zero-order valence-corrected chi connectivity index (χ0v) is 13.1. The van der Waals surface area contributed by atoms with Gasteiger partial charge in [0, 0.05) is 0 Å². The molecule has 0 saturated heterocycles. The summed E-state index contributed by atoms with van der Waals surface area (Å²) < 4.78 is 0. The summed E-state index contributed by atoms with van der Waals surface area (Å²) in [5.41, 5.74) is 4.99. The lowest BCUT2D eigenvalue weighted by molar-refractivity contribution is 0.973. The van der Waals surface area contributed by atoms with E-state index in [9.17, 15) is 0 Å². The van der Waals surface area contributed by atoms with E-state index in [0.29, 0.717) is 0 Å². The summed E-state index contributed by atoms with van der Waals surface area (Å²) in [5, 5.41) is 0. The first-order valence-electron chi connectivity index (χ1n) is 7.11. The highest BCUT2D eigenvalue weighted by Crippen LogP contribution is 2.25. The molecule has 0 aliphatic heterocycles. The summed E-state index contributed by atoms with van der Waals surface area (Å²) in [7, 11) is 0. The molecular formula is C18H30. The largest absolute Gasteiger partial charge is 0.0984 e. The summed E-state index contributed by atoms with van der Waals surface area (Å²) >= 11 is 0. The van der Waals surface area contributed by atoms with Crippen molar-refractivity contribution in [1.29, 1.82) is 0 Å². The second kappa shape index (κ2) is 12.2. The summed E-state index contributed by atoms with van der Waals surface area (Å²) in [6.45, 7) is 20.3. The van der Waals surface area contributed by atoms with Crippen molar-refractivity contribution in [1.82, 2.24) is 0 Å². The average Bonchev–Trinajstić information content (AvgIpc) is 2.43. The fraction of sp³-hybridized carbons (Fsp3) is 0.444. The standard InChI is InChI=1S/C14H18.2C2H6/c1-5-8-11(3)14-12(4)9-7-10-13(14)6-2;2*1-2/h6-7,9-10H,2-3,5,8H2,1,4H3;2*1-2H3. The number of hydrogen-bond acceptors (Lipinski definition) is 0. The highest BCUT2D eigenvalue weighted by molar-refractivity contribution is 5.74. The van der Waals surface area contributed by atoms with Gasteiger partial charge in [-0.05, 0) is 35.6 Å². The van der Waals surface area contributed by atoms with Gasteiger partial charge in [-0.2, -0.15) is 0 Å². The fourth-order valence-electron chi connectivity index (χ4n) is 1.77. The molecule has 1 aromatic rings. The van der Waals surface area contributed by atoms with Crippen LogP contribution in [0.5, 0.6) is 0 Å². The molecule has 0 spiro atoms. The number of rotatable bonds is 4. The van der Waals surface area contributed by atoms with Gasteiger partial charge in [0.1, 0.15) is 0 Å². The smallest absolute Gasteiger partial charge is 0.0129 e. The molecule has 102 valence electrons. The van der Waals surface area contributed by atoms with Crippen molar-refractivity contribution >= 4 is 11.6 Å². The van der Waals surface area contributed by atoms with Crippen LogP contribution in [0.4, 0.5) is 0 Å². The third kappa shape index (κ3) is 5.86. The third-order valence-electron chi connectivity index (χ3n) is 2.43. The molecule has 18 heavy (non-hydrogen) atoms. The van der Waals surface area contributed by atoms with Crippen LogP contribution in [0.2, 0.25) is 0 Å². The summed E-state index contributed by atoms with van der Waals surface area (Å²) in [6.07, 6.45) is 4.11. The maximum absolute atomic E-state index is 4.14. The average molecular weight is 246 g/mol. The SMILES string of the molecule is C=Cc1cccc(C)c1C(=C)CCC.CC.CC. The minimum absolute atomic E-state index is 1.06. The Kier molecular flexibility index (Phi) is 12.9. The zero-order valence-electron chi connectivity index (χ0n) is 13.1. The lowest BCUT2D eigenvalue weighted by Gasteiger charge is -2.11. The summed E-state index contributed by atoms with van der Waals surface area (Å²) in [4.78, 5) is 0. The lowest BCUT2D eigenvalue weighted by Crippen LogP contribution is -1.91. The molecule has 0 aliphatic rings. The molecule has 0 unspecified atom stereocenters.